The number of benzene rings is 1. The van der Waals surface area contributed by atoms with Crippen LogP contribution in [0.15, 0.2) is 55.0 Å². The van der Waals surface area contributed by atoms with Gasteiger partial charge in [-0.15, -0.1) is 0 Å². The lowest BCUT2D eigenvalue weighted by molar-refractivity contribution is 0.390. The van der Waals surface area contributed by atoms with Crippen molar-refractivity contribution in [1.29, 1.82) is 0 Å². The minimum atomic E-state index is 0.601. The lowest BCUT2D eigenvalue weighted by Gasteiger charge is -2.06. The van der Waals surface area contributed by atoms with E-state index in [0.717, 1.165) is 22.4 Å². The average molecular weight is 280 g/mol. The van der Waals surface area contributed by atoms with Gasteiger partial charge in [0.15, 0.2) is 0 Å². The number of nitrogens with two attached hydrogens (primary N) is 1. The van der Waals surface area contributed by atoms with Crippen molar-refractivity contribution in [3.8, 4) is 17.0 Å². The van der Waals surface area contributed by atoms with Gasteiger partial charge in [-0.05, 0) is 12.1 Å². The lowest BCUT2D eigenvalue weighted by Crippen LogP contribution is -2.03. The smallest absolute Gasteiger partial charge is 0.218 e. The first-order chi connectivity index (χ1) is 10.3. The third-order valence-corrected chi connectivity index (χ3v) is 3.28. The first-order valence-corrected chi connectivity index (χ1v) is 6.63. The molecule has 106 valence electrons. The van der Waals surface area contributed by atoms with Crippen LogP contribution in [0, 0.1) is 0 Å². The summed E-state index contributed by atoms with van der Waals surface area (Å²) in [7, 11) is 1.62. The summed E-state index contributed by atoms with van der Waals surface area (Å²) in [5, 5.41) is 4.38. The van der Waals surface area contributed by atoms with Crippen LogP contribution in [0.4, 0.5) is 5.69 Å². The maximum Gasteiger partial charge on any atom is 0.218 e. The highest BCUT2D eigenvalue weighted by Crippen LogP contribution is 2.25. The largest absolute Gasteiger partial charge is 0.481 e. The van der Waals surface area contributed by atoms with Gasteiger partial charge in [0, 0.05) is 34.8 Å². The first-order valence-electron chi connectivity index (χ1n) is 6.63. The van der Waals surface area contributed by atoms with Crippen LogP contribution in [0.2, 0.25) is 0 Å². The Morgan fingerprint density at radius 2 is 2.05 bits per heavy atom. The number of para-hydroxylation sites is 1. The molecule has 1 aromatic carbocycles. The van der Waals surface area contributed by atoms with E-state index in [2.05, 4.69) is 10.1 Å². The van der Waals surface area contributed by atoms with Gasteiger partial charge in [-0.2, -0.15) is 5.10 Å². The molecule has 2 aromatic heterocycles. The van der Waals surface area contributed by atoms with Crippen LogP contribution in [0.25, 0.3) is 11.1 Å². The van der Waals surface area contributed by atoms with E-state index in [9.17, 15) is 0 Å². The maximum atomic E-state index is 5.99. The number of nitrogens with zero attached hydrogens (tertiary/aromatic N) is 3. The Kier molecular flexibility index (Phi) is 3.55. The Bertz CT molecular complexity index is 751. The van der Waals surface area contributed by atoms with Crippen LogP contribution in [0.3, 0.4) is 0 Å². The van der Waals surface area contributed by atoms with Crippen LogP contribution < -0.4 is 10.5 Å². The Morgan fingerprint density at radius 1 is 1.19 bits per heavy atom. The van der Waals surface area contributed by atoms with Crippen LogP contribution in [0.1, 0.15) is 5.56 Å². The molecule has 0 radical (unpaired) electrons. The topological polar surface area (TPSA) is 66.0 Å². The van der Waals surface area contributed by atoms with E-state index in [1.54, 1.807) is 13.3 Å². The Labute approximate surface area is 123 Å². The number of aromatic nitrogens is 3. The van der Waals surface area contributed by atoms with Crippen molar-refractivity contribution in [3.05, 3.63) is 60.6 Å². The van der Waals surface area contributed by atoms with E-state index in [1.165, 1.54) is 0 Å². The van der Waals surface area contributed by atoms with Crippen molar-refractivity contribution in [2.24, 2.45) is 0 Å². The SMILES string of the molecule is COc1ncccc1Cn1cc(-c2ccccc2N)cn1. The van der Waals surface area contributed by atoms with E-state index in [4.69, 9.17) is 10.5 Å². The van der Waals surface area contributed by atoms with Crippen LogP contribution in [-0.2, 0) is 6.54 Å². The zero-order valence-corrected chi connectivity index (χ0v) is 11.7. The second kappa shape index (κ2) is 5.66. The van der Waals surface area contributed by atoms with Crippen molar-refractivity contribution >= 4 is 5.69 Å². The number of rotatable bonds is 4. The van der Waals surface area contributed by atoms with Crippen molar-refractivity contribution in [1.82, 2.24) is 14.8 Å². The molecule has 0 atom stereocenters. The van der Waals surface area contributed by atoms with Gasteiger partial charge >= 0.3 is 0 Å². The fourth-order valence-corrected chi connectivity index (χ4v) is 2.25. The summed E-state index contributed by atoms with van der Waals surface area (Å²) >= 11 is 0. The standard InChI is InChI=1S/C16H16N4O/c1-21-16-12(5-4-8-18-16)10-20-11-13(9-19-20)14-6-2-3-7-15(14)17/h2-9,11H,10,17H2,1H3. The predicted molar refractivity (Wildman–Crippen MR) is 82.0 cm³/mol. The predicted octanol–water partition coefficient (Wildman–Crippen LogP) is 2.58. The second-order valence-corrected chi connectivity index (χ2v) is 4.69. The average Bonchev–Trinajstić information content (AvgIpc) is 2.96. The highest BCUT2D eigenvalue weighted by molar-refractivity contribution is 5.75. The molecule has 3 aromatic rings. The van der Waals surface area contributed by atoms with Gasteiger partial charge in [0.2, 0.25) is 5.88 Å². The number of hydrogen-bond acceptors (Lipinski definition) is 4. The summed E-state index contributed by atoms with van der Waals surface area (Å²) in [4.78, 5) is 4.19. The third-order valence-electron chi connectivity index (χ3n) is 3.28. The summed E-state index contributed by atoms with van der Waals surface area (Å²) in [5.74, 6) is 0.619. The molecule has 0 aliphatic heterocycles. The molecule has 0 fully saturated rings. The van der Waals surface area contributed by atoms with Crippen LogP contribution >= 0.6 is 0 Å². The second-order valence-electron chi connectivity index (χ2n) is 4.69. The van der Waals surface area contributed by atoms with E-state index >= 15 is 0 Å². The van der Waals surface area contributed by atoms with Crippen molar-refractivity contribution < 1.29 is 4.74 Å². The van der Waals surface area contributed by atoms with Gasteiger partial charge in [-0.1, -0.05) is 24.3 Å². The molecule has 0 aliphatic rings. The normalized spacial score (nSPS) is 10.5. The van der Waals surface area contributed by atoms with Crippen LogP contribution in [0.5, 0.6) is 5.88 Å². The number of pyridine rings is 1. The molecule has 0 aliphatic carbocycles. The number of methoxy groups -OCH3 is 1. The number of ether oxygens (including phenoxy) is 1. The zero-order chi connectivity index (χ0) is 14.7. The summed E-state index contributed by atoms with van der Waals surface area (Å²) in [5.41, 5.74) is 9.71. The van der Waals surface area contributed by atoms with Gasteiger partial charge in [0.05, 0.1) is 19.9 Å². The van der Waals surface area contributed by atoms with Crippen molar-refractivity contribution in [3.63, 3.8) is 0 Å². The molecule has 21 heavy (non-hydrogen) atoms. The van der Waals surface area contributed by atoms with E-state index in [1.807, 2.05) is 53.5 Å². The highest BCUT2D eigenvalue weighted by Gasteiger charge is 2.08. The molecule has 0 spiro atoms. The molecule has 5 nitrogen and oxygen atoms in total. The molecule has 0 bridgehead atoms. The molecule has 0 saturated heterocycles. The summed E-state index contributed by atoms with van der Waals surface area (Å²) in [6.07, 6.45) is 5.49. The summed E-state index contributed by atoms with van der Waals surface area (Å²) in [6, 6.07) is 11.6. The molecule has 5 heteroatoms. The summed E-state index contributed by atoms with van der Waals surface area (Å²) < 4.78 is 7.10. The highest BCUT2D eigenvalue weighted by atomic mass is 16.5. The van der Waals surface area contributed by atoms with E-state index < -0.39 is 0 Å². The zero-order valence-electron chi connectivity index (χ0n) is 11.7. The number of hydrogen-bond donors (Lipinski definition) is 1. The summed E-state index contributed by atoms with van der Waals surface area (Å²) in [6.45, 7) is 0.601. The molecule has 0 saturated carbocycles. The molecule has 2 heterocycles. The Balaban J connectivity index is 1.87. The molecule has 0 amide bonds. The minimum absolute atomic E-state index is 0.601. The molecule has 2 N–H and O–H groups in total. The van der Waals surface area contributed by atoms with Crippen molar-refractivity contribution in [2.75, 3.05) is 12.8 Å². The van der Waals surface area contributed by atoms with Gasteiger partial charge in [0.25, 0.3) is 0 Å². The van der Waals surface area contributed by atoms with Gasteiger partial charge in [-0.3, -0.25) is 4.68 Å². The van der Waals surface area contributed by atoms with E-state index in [0.29, 0.717) is 12.4 Å². The lowest BCUT2D eigenvalue weighted by atomic mass is 10.1. The minimum Gasteiger partial charge on any atom is -0.481 e. The maximum absolute atomic E-state index is 5.99. The number of anilines is 1. The number of nitrogen functional groups attached to an aromatic ring is 1. The monoisotopic (exact) mass is 280 g/mol. The Morgan fingerprint density at radius 3 is 2.86 bits per heavy atom. The Hall–Kier alpha value is -2.82. The van der Waals surface area contributed by atoms with Crippen LogP contribution in [-0.4, -0.2) is 21.9 Å². The van der Waals surface area contributed by atoms with Gasteiger partial charge in [-0.25, -0.2) is 4.98 Å². The fraction of sp³-hybridized carbons (Fsp3) is 0.125. The third kappa shape index (κ3) is 2.72. The van der Waals surface area contributed by atoms with Gasteiger partial charge < -0.3 is 10.5 Å². The first kappa shape index (κ1) is 13.2. The fourth-order valence-electron chi connectivity index (χ4n) is 2.25. The molecular weight excluding hydrogens is 264 g/mol. The van der Waals surface area contributed by atoms with E-state index in [-0.39, 0.29) is 0 Å². The quantitative estimate of drug-likeness (QED) is 0.746. The van der Waals surface area contributed by atoms with Gasteiger partial charge in [0.1, 0.15) is 0 Å². The van der Waals surface area contributed by atoms with Crippen molar-refractivity contribution in [2.45, 2.75) is 6.54 Å². The molecule has 0 unspecified atom stereocenters. The molecule has 3 rings (SSSR count). The molecular formula is C16H16N4O.